The molecule has 0 spiro atoms. The lowest BCUT2D eigenvalue weighted by atomic mass is 9.75. The van der Waals surface area contributed by atoms with Crippen molar-refractivity contribution >= 4 is 11.8 Å². The number of fused-ring (bicyclic) bond motifs is 4. The molecular formula is C26H37N3O3. The molecule has 6 nitrogen and oxygen atoms in total. The van der Waals surface area contributed by atoms with Crippen molar-refractivity contribution in [3.63, 3.8) is 0 Å². The molecule has 32 heavy (non-hydrogen) atoms. The number of para-hydroxylation sites is 1. The summed E-state index contributed by atoms with van der Waals surface area (Å²) >= 11 is 0. The molecule has 4 heterocycles. The smallest absolute Gasteiger partial charge is 0.222 e. The highest BCUT2D eigenvalue weighted by atomic mass is 16.5. The molecule has 0 radical (unpaired) electrons. The average molecular weight is 440 g/mol. The second-order valence-electron chi connectivity index (χ2n) is 10.2. The molecule has 0 unspecified atom stereocenters. The number of amides is 2. The van der Waals surface area contributed by atoms with E-state index in [9.17, 15) is 9.59 Å². The van der Waals surface area contributed by atoms with Crippen molar-refractivity contribution in [1.29, 1.82) is 0 Å². The summed E-state index contributed by atoms with van der Waals surface area (Å²) < 4.78 is 5.42. The fourth-order valence-corrected chi connectivity index (χ4v) is 6.74. The average Bonchev–Trinajstić information content (AvgIpc) is 2.83. The Morgan fingerprint density at radius 1 is 1.09 bits per heavy atom. The first-order chi connectivity index (χ1) is 15.6. The van der Waals surface area contributed by atoms with Gasteiger partial charge in [0.15, 0.2) is 0 Å². The lowest BCUT2D eigenvalue weighted by Gasteiger charge is -2.54. The molecule has 1 aromatic carbocycles. The van der Waals surface area contributed by atoms with Crippen molar-refractivity contribution in [3.05, 3.63) is 29.8 Å². The maximum Gasteiger partial charge on any atom is 0.222 e. The number of benzene rings is 1. The van der Waals surface area contributed by atoms with Gasteiger partial charge in [-0.3, -0.25) is 14.5 Å². The SMILES string of the molecule is COc1ccccc1CCC(=O)N1CCC(N2C[C@H]3C[C@H](C2)[C@H]2CCCC(=O)N2C3)CC1. The first-order valence-electron chi connectivity index (χ1n) is 12.6. The Bertz CT molecular complexity index is 835. The zero-order valence-corrected chi connectivity index (χ0v) is 19.4. The Balaban J connectivity index is 1.12. The van der Waals surface area contributed by atoms with Crippen LogP contribution in [0.4, 0.5) is 0 Å². The summed E-state index contributed by atoms with van der Waals surface area (Å²) in [5.41, 5.74) is 1.10. The third kappa shape index (κ3) is 4.39. The number of rotatable bonds is 5. The maximum atomic E-state index is 12.8. The van der Waals surface area contributed by atoms with E-state index in [1.54, 1.807) is 7.11 Å². The Hall–Kier alpha value is -2.08. The van der Waals surface area contributed by atoms with Crippen LogP contribution in [0, 0.1) is 11.8 Å². The Kier molecular flexibility index (Phi) is 6.40. The van der Waals surface area contributed by atoms with Crippen molar-refractivity contribution in [2.75, 3.05) is 39.8 Å². The van der Waals surface area contributed by atoms with Gasteiger partial charge in [0.1, 0.15) is 5.75 Å². The highest BCUT2D eigenvalue weighted by Gasteiger charge is 2.45. The number of ether oxygens (including phenoxy) is 1. The summed E-state index contributed by atoms with van der Waals surface area (Å²) in [4.78, 5) is 32.2. The second kappa shape index (κ2) is 9.42. The van der Waals surface area contributed by atoms with Crippen LogP contribution in [0.5, 0.6) is 5.75 Å². The fraction of sp³-hybridized carbons (Fsp3) is 0.692. The summed E-state index contributed by atoms with van der Waals surface area (Å²) in [6.07, 6.45) is 7.74. The van der Waals surface area contributed by atoms with Crippen LogP contribution in [0.25, 0.3) is 0 Å². The lowest BCUT2D eigenvalue weighted by molar-refractivity contribution is -0.146. The fourth-order valence-electron chi connectivity index (χ4n) is 6.74. The van der Waals surface area contributed by atoms with E-state index in [1.807, 2.05) is 24.3 Å². The molecule has 4 aliphatic rings. The zero-order chi connectivity index (χ0) is 22.1. The number of likely N-dealkylation sites (tertiary alicyclic amines) is 2. The van der Waals surface area contributed by atoms with Gasteiger partial charge in [-0.2, -0.15) is 0 Å². The van der Waals surface area contributed by atoms with Gasteiger partial charge < -0.3 is 14.5 Å². The van der Waals surface area contributed by atoms with Crippen LogP contribution in [0.1, 0.15) is 50.5 Å². The molecule has 1 aromatic rings. The van der Waals surface area contributed by atoms with Crippen molar-refractivity contribution in [3.8, 4) is 5.75 Å². The standard InChI is InChI=1S/C26H37N3O3/c1-32-24-7-3-2-5-20(24)9-10-25(30)27-13-11-22(12-14-27)28-16-19-15-21(18-28)23-6-4-8-26(31)29(23)17-19/h2-3,5,7,19,21-23H,4,6,8-18H2,1H3/t19-,21-,23-/m1/s1. The van der Waals surface area contributed by atoms with E-state index in [4.69, 9.17) is 4.74 Å². The number of carbonyl (C=O) groups excluding carboxylic acids is 2. The number of methoxy groups -OCH3 is 1. The largest absolute Gasteiger partial charge is 0.496 e. The van der Waals surface area contributed by atoms with Gasteiger partial charge in [-0.1, -0.05) is 18.2 Å². The molecule has 2 bridgehead atoms. The molecule has 4 fully saturated rings. The van der Waals surface area contributed by atoms with E-state index in [0.29, 0.717) is 36.2 Å². The van der Waals surface area contributed by atoms with Crippen molar-refractivity contribution in [1.82, 2.24) is 14.7 Å². The van der Waals surface area contributed by atoms with Gasteiger partial charge in [0.05, 0.1) is 7.11 Å². The Morgan fingerprint density at radius 3 is 2.72 bits per heavy atom. The molecule has 0 aliphatic carbocycles. The third-order valence-corrected chi connectivity index (χ3v) is 8.34. The molecule has 3 atom stereocenters. The molecule has 0 aromatic heterocycles. The predicted octanol–water partition coefficient (Wildman–Crippen LogP) is 2.95. The molecule has 4 saturated heterocycles. The predicted molar refractivity (Wildman–Crippen MR) is 123 cm³/mol. The monoisotopic (exact) mass is 439 g/mol. The summed E-state index contributed by atoms with van der Waals surface area (Å²) in [5.74, 6) is 2.80. The number of aryl methyl sites for hydroxylation is 1. The van der Waals surface area contributed by atoms with Crippen LogP contribution in [0.2, 0.25) is 0 Å². The number of carbonyl (C=O) groups is 2. The van der Waals surface area contributed by atoms with Gasteiger partial charge in [0.2, 0.25) is 11.8 Å². The highest BCUT2D eigenvalue weighted by molar-refractivity contribution is 5.77. The lowest BCUT2D eigenvalue weighted by Crippen LogP contribution is -2.62. The minimum Gasteiger partial charge on any atom is -0.496 e. The summed E-state index contributed by atoms with van der Waals surface area (Å²) in [6.45, 7) is 4.97. The van der Waals surface area contributed by atoms with Crippen LogP contribution < -0.4 is 4.74 Å². The van der Waals surface area contributed by atoms with Crippen molar-refractivity contribution < 1.29 is 14.3 Å². The third-order valence-electron chi connectivity index (χ3n) is 8.34. The van der Waals surface area contributed by atoms with E-state index in [1.165, 1.54) is 12.8 Å². The normalized spacial score (nSPS) is 29.0. The van der Waals surface area contributed by atoms with Gasteiger partial charge in [-0.15, -0.1) is 0 Å². The summed E-state index contributed by atoms with van der Waals surface area (Å²) in [5, 5.41) is 0. The second-order valence-corrected chi connectivity index (χ2v) is 10.2. The number of nitrogens with zero attached hydrogens (tertiary/aromatic N) is 3. The van der Waals surface area contributed by atoms with E-state index in [0.717, 1.165) is 76.1 Å². The van der Waals surface area contributed by atoms with E-state index in [2.05, 4.69) is 14.7 Å². The van der Waals surface area contributed by atoms with Crippen LogP contribution in [-0.4, -0.2) is 78.4 Å². The molecular weight excluding hydrogens is 402 g/mol. The number of piperidine rings is 4. The molecule has 5 rings (SSSR count). The van der Waals surface area contributed by atoms with E-state index < -0.39 is 0 Å². The van der Waals surface area contributed by atoms with Crippen LogP contribution in [0.3, 0.4) is 0 Å². The van der Waals surface area contributed by atoms with Gasteiger partial charge in [-0.05, 0) is 62.0 Å². The van der Waals surface area contributed by atoms with Crippen molar-refractivity contribution in [2.24, 2.45) is 11.8 Å². The zero-order valence-electron chi connectivity index (χ0n) is 19.4. The molecule has 2 amide bonds. The first-order valence-corrected chi connectivity index (χ1v) is 12.6. The molecule has 0 N–H and O–H groups in total. The van der Waals surface area contributed by atoms with Crippen LogP contribution >= 0.6 is 0 Å². The van der Waals surface area contributed by atoms with Gasteiger partial charge >= 0.3 is 0 Å². The van der Waals surface area contributed by atoms with Gasteiger partial charge in [0.25, 0.3) is 0 Å². The van der Waals surface area contributed by atoms with Crippen LogP contribution in [0.15, 0.2) is 24.3 Å². The van der Waals surface area contributed by atoms with Crippen LogP contribution in [-0.2, 0) is 16.0 Å². The maximum absolute atomic E-state index is 12.8. The quantitative estimate of drug-likeness (QED) is 0.708. The highest BCUT2D eigenvalue weighted by Crippen LogP contribution is 2.39. The van der Waals surface area contributed by atoms with Gasteiger partial charge in [-0.25, -0.2) is 0 Å². The van der Waals surface area contributed by atoms with E-state index >= 15 is 0 Å². The first kappa shape index (κ1) is 21.7. The molecule has 6 heteroatoms. The molecule has 0 saturated carbocycles. The molecule has 174 valence electrons. The minimum absolute atomic E-state index is 0.265. The van der Waals surface area contributed by atoms with E-state index in [-0.39, 0.29) is 5.91 Å². The minimum atomic E-state index is 0.265. The Labute approximate surface area is 191 Å². The topological polar surface area (TPSA) is 53.1 Å². The Morgan fingerprint density at radius 2 is 1.91 bits per heavy atom. The molecule has 4 aliphatic heterocycles. The number of hydrogen-bond acceptors (Lipinski definition) is 4. The van der Waals surface area contributed by atoms with Crippen molar-refractivity contribution in [2.45, 2.75) is 63.5 Å². The van der Waals surface area contributed by atoms with Gasteiger partial charge in [0, 0.05) is 57.6 Å². The summed E-state index contributed by atoms with van der Waals surface area (Å²) in [6, 6.07) is 9.04. The summed E-state index contributed by atoms with van der Waals surface area (Å²) in [7, 11) is 1.68. The number of hydrogen-bond donors (Lipinski definition) is 0.